The Balaban J connectivity index is 0.737. The fraction of sp³-hybridized carbons (Fsp3) is 0.423. The number of fused-ring (bicyclic) bond motifs is 2. The van der Waals surface area contributed by atoms with Crippen LogP contribution in [0.1, 0.15) is 95.2 Å². The summed E-state index contributed by atoms with van der Waals surface area (Å²) < 4.78 is 23.3. The van der Waals surface area contributed by atoms with E-state index in [9.17, 15) is 34.5 Å². The maximum atomic E-state index is 13.9. The van der Waals surface area contributed by atoms with E-state index in [2.05, 4.69) is 41.6 Å². The number of hydrogen-bond acceptors (Lipinski definition) is 16. The Bertz CT molecular complexity index is 2700. The van der Waals surface area contributed by atoms with Crippen LogP contribution in [-0.2, 0) is 36.1 Å². The second-order valence-electron chi connectivity index (χ2n) is 18.6. The molecule has 0 bridgehead atoms. The average Bonchev–Trinajstić information content (AvgIpc) is 3.73. The fourth-order valence-electron chi connectivity index (χ4n) is 9.35. The number of amides is 5. The maximum Gasteiger partial charge on any atom is 0.255 e. The third-order valence-corrected chi connectivity index (χ3v) is 13.5. The van der Waals surface area contributed by atoms with Crippen LogP contribution in [0, 0.1) is 5.41 Å². The summed E-state index contributed by atoms with van der Waals surface area (Å²) in [6.45, 7) is 3.37. The number of piperidine rings is 2. The van der Waals surface area contributed by atoms with Gasteiger partial charge in [0, 0.05) is 104 Å². The van der Waals surface area contributed by atoms with Crippen LogP contribution in [0.5, 0.6) is 11.5 Å². The molecular weight excluding hydrogens is 939 g/mol. The highest BCUT2D eigenvalue weighted by Crippen LogP contribution is 2.38. The summed E-state index contributed by atoms with van der Waals surface area (Å²) in [5.41, 5.74) is 0.983. The first-order valence-corrected chi connectivity index (χ1v) is 24.6. The van der Waals surface area contributed by atoms with Crippen LogP contribution in [0.2, 0.25) is 0 Å². The maximum absolute atomic E-state index is 13.9. The van der Waals surface area contributed by atoms with Gasteiger partial charge in [-0.15, -0.1) is 0 Å². The normalized spacial score (nSPS) is 19.5. The van der Waals surface area contributed by atoms with E-state index in [0.29, 0.717) is 102 Å². The van der Waals surface area contributed by atoms with Gasteiger partial charge in [0.05, 0.1) is 18.8 Å². The summed E-state index contributed by atoms with van der Waals surface area (Å²) in [5, 5.41) is 39.7. The molecule has 2 atom stereocenters. The van der Waals surface area contributed by atoms with E-state index in [-0.39, 0.29) is 62.6 Å². The van der Waals surface area contributed by atoms with Crippen LogP contribution in [0.3, 0.4) is 0 Å². The molecule has 386 valence electrons. The number of nitrogens with two attached hydrogens (primary N) is 1. The number of nitrogens with one attached hydrogen (secondary N) is 6. The number of likely N-dealkylation sites (tertiary alicyclic amines) is 1. The van der Waals surface area contributed by atoms with E-state index in [1.807, 2.05) is 13.1 Å². The lowest BCUT2D eigenvalue weighted by Crippen LogP contribution is -2.58. The number of hydrogen-bond donors (Lipinski definition) is 8. The molecule has 2 unspecified atom stereocenters. The number of aromatic nitrogens is 1. The standard InChI is InChI=1S/C52H63N11O10/c1-62-23-18-51(19-24-62,50(53)58-46(61-54)34-16-21-55-22-17-34)59-36-9-5-8-35(30-36)47(66)60-52(69)20-29-73-43-14-12-37(31-40(43)52)72-28-4-2-3-25-70-26-7-27-71-33-45(65)56-41-11-6-10-38-39(41)32-63(49(38)68)42-13-15-44(64)57-48(42)67/h5-6,8-12,14,16-17,21-22,30-31,42,59,69H,2-4,7,13,15,18-20,23-29,32-33,54H2,1H3,(H,56,65)(H,60,66)(H2,53,58,61)(H,57,64,67). The van der Waals surface area contributed by atoms with E-state index in [0.717, 1.165) is 32.4 Å². The van der Waals surface area contributed by atoms with Crippen LogP contribution >= 0.6 is 0 Å². The summed E-state index contributed by atoms with van der Waals surface area (Å²) in [6, 6.07) is 20.0. The van der Waals surface area contributed by atoms with Gasteiger partial charge in [-0.05, 0) is 113 Å². The molecule has 0 aliphatic carbocycles. The third-order valence-electron chi connectivity index (χ3n) is 13.5. The zero-order chi connectivity index (χ0) is 51.4. The van der Waals surface area contributed by atoms with E-state index >= 15 is 0 Å². The van der Waals surface area contributed by atoms with Crippen molar-refractivity contribution in [1.82, 2.24) is 30.7 Å². The highest BCUT2D eigenvalue weighted by Gasteiger charge is 2.42. The Labute approximate surface area is 423 Å². The largest absolute Gasteiger partial charge is 0.494 e. The number of aliphatic hydroxyl groups is 1. The van der Waals surface area contributed by atoms with Gasteiger partial charge in [-0.1, -0.05) is 12.1 Å². The number of rotatable bonds is 21. The van der Waals surface area contributed by atoms with Crippen LogP contribution in [0.15, 0.2) is 90.3 Å². The minimum Gasteiger partial charge on any atom is -0.494 e. The number of ether oxygens (including phenoxy) is 4. The van der Waals surface area contributed by atoms with Gasteiger partial charge in [0.2, 0.25) is 17.7 Å². The highest BCUT2D eigenvalue weighted by atomic mass is 16.5. The lowest BCUT2D eigenvalue weighted by atomic mass is 9.85. The number of carbonyl (C=O) groups excluding carboxylic acids is 5. The number of benzene rings is 3. The number of pyridine rings is 1. The van der Waals surface area contributed by atoms with Crippen molar-refractivity contribution in [3.63, 3.8) is 0 Å². The molecule has 3 aromatic carbocycles. The number of anilines is 2. The zero-order valence-electron chi connectivity index (χ0n) is 40.9. The first-order chi connectivity index (χ1) is 35.3. The van der Waals surface area contributed by atoms with Crippen LogP contribution in [-0.4, -0.2) is 132 Å². The fourth-order valence-corrected chi connectivity index (χ4v) is 9.35. The second-order valence-corrected chi connectivity index (χ2v) is 18.6. The van der Waals surface area contributed by atoms with Crippen molar-refractivity contribution >= 4 is 52.6 Å². The molecule has 73 heavy (non-hydrogen) atoms. The van der Waals surface area contributed by atoms with E-state index in [1.54, 1.807) is 79.1 Å². The van der Waals surface area contributed by atoms with Gasteiger partial charge < -0.3 is 61.0 Å². The van der Waals surface area contributed by atoms with Crippen molar-refractivity contribution in [2.24, 2.45) is 10.9 Å². The van der Waals surface area contributed by atoms with Crippen molar-refractivity contribution in [3.05, 3.63) is 113 Å². The SMILES string of the molecule is CN1CCC(Nc2cccc(C(=O)NC3(O)CCOc4ccc(OCCCCCOCCCOCC(=O)Nc5cccc6c5CN(C5CCC(=O)NC5=O)C6=O)cc43)c2)(C(=N)N/C(=N\N)c2ccncc2)CC1. The molecule has 21 heteroatoms. The molecule has 5 heterocycles. The molecule has 0 saturated carbocycles. The Morgan fingerprint density at radius 1 is 0.932 bits per heavy atom. The van der Waals surface area contributed by atoms with Crippen molar-refractivity contribution < 1.29 is 48.0 Å². The second kappa shape index (κ2) is 23.8. The molecule has 0 radical (unpaired) electrons. The number of imide groups is 1. The smallest absolute Gasteiger partial charge is 0.255 e. The Hall–Kier alpha value is -7.46. The van der Waals surface area contributed by atoms with E-state index in [4.69, 9.17) is 24.8 Å². The monoisotopic (exact) mass is 1000 g/mol. The van der Waals surface area contributed by atoms with Crippen LogP contribution in [0.4, 0.5) is 11.4 Å². The summed E-state index contributed by atoms with van der Waals surface area (Å²) in [5.74, 6) is 5.22. The topological polar surface area (TPSA) is 284 Å². The summed E-state index contributed by atoms with van der Waals surface area (Å²) >= 11 is 0. The molecule has 8 rings (SSSR count). The first-order valence-electron chi connectivity index (χ1n) is 24.6. The van der Waals surface area contributed by atoms with Gasteiger partial charge in [-0.25, -0.2) is 0 Å². The quantitative estimate of drug-likeness (QED) is 0.0113. The minimum absolute atomic E-state index is 0.117. The number of amidine groups is 2. The van der Waals surface area contributed by atoms with Gasteiger partial charge in [0.25, 0.3) is 11.8 Å². The molecule has 9 N–H and O–H groups in total. The molecule has 2 fully saturated rings. The summed E-state index contributed by atoms with van der Waals surface area (Å²) in [7, 11) is 2.04. The molecule has 2 saturated heterocycles. The van der Waals surface area contributed by atoms with Crippen molar-refractivity contribution in [1.29, 1.82) is 5.41 Å². The highest BCUT2D eigenvalue weighted by molar-refractivity contribution is 6.12. The number of carbonyl (C=O) groups is 5. The van der Waals surface area contributed by atoms with Gasteiger partial charge >= 0.3 is 0 Å². The molecule has 21 nitrogen and oxygen atoms in total. The number of unbranched alkanes of at least 4 members (excludes halogenated alkanes) is 2. The Morgan fingerprint density at radius 3 is 2.49 bits per heavy atom. The van der Waals surface area contributed by atoms with Gasteiger partial charge in [0.1, 0.15) is 30.0 Å². The summed E-state index contributed by atoms with van der Waals surface area (Å²) in [6.07, 6.45) is 8.00. The lowest BCUT2D eigenvalue weighted by Gasteiger charge is -2.42. The van der Waals surface area contributed by atoms with Crippen molar-refractivity contribution in [2.75, 3.05) is 70.4 Å². The van der Waals surface area contributed by atoms with Crippen LogP contribution in [0.25, 0.3) is 0 Å². The summed E-state index contributed by atoms with van der Waals surface area (Å²) in [4.78, 5) is 71.4. The molecule has 0 spiro atoms. The predicted octanol–water partition coefficient (Wildman–Crippen LogP) is 3.57. The average molecular weight is 1000 g/mol. The lowest BCUT2D eigenvalue weighted by molar-refractivity contribution is -0.137. The van der Waals surface area contributed by atoms with E-state index in [1.165, 1.54) is 4.90 Å². The number of nitrogens with zero attached hydrogens (tertiary/aromatic N) is 4. The zero-order valence-corrected chi connectivity index (χ0v) is 40.9. The minimum atomic E-state index is -1.73. The van der Waals surface area contributed by atoms with Gasteiger partial charge in [-0.2, -0.15) is 5.10 Å². The first kappa shape index (κ1) is 51.9. The predicted molar refractivity (Wildman–Crippen MR) is 270 cm³/mol. The Morgan fingerprint density at radius 2 is 1.70 bits per heavy atom. The molecule has 1 aromatic heterocycles. The molecule has 4 aliphatic heterocycles. The Kier molecular flexibility index (Phi) is 16.9. The van der Waals surface area contributed by atoms with E-state index < -0.39 is 29.1 Å². The third kappa shape index (κ3) is 12.8. The molecule has 4 aliphatic rings. The van der Waals surface area contributed by atoms with Gasteiger partial charge in [-0.3, -0.25) is 39.7 Å². The molecule has 4 aromatic rings. The molecular formula is C52H63N11O10. The van der Waals surface area contributed by atoms with Crippen molar-refractivity contribution in [3.8, 4) is 11.5 Å². The van der Waals surface area contributed by atoms with Gasteiger partial charge in [0.15, 0.2) is 11.6 Å². The van der Waals surface area contributed by atoms with Crippen LogP contribution < -0.4 is 41.9 Å². The number of hydrazone groups is 1. The van der Waals surface area contributed by atoms with Crippen molar-refractivity contribution in [2.45, 2.75) is 81.6 Å². The molecule has 5 amide bonds.